The SMILES string of the molecule is CC(NC(=O)c1ccc(C(=O)O)s1)c1ncn[nH]1. The highest BCUT2D eigenvalue weighted by Gasteiger charge is 2.16. The molecule has 0 saturated heterocycles. The van der Waals surface area contributed by atoms with Crippen LogP contribution in [0, 0.1) is 0 Å². The Morgan fingerprint density at radius 1 is 1.44 bits per heavy atom. The lowest BCUT2D eigenvalue weighted by Gasteiger charge is -2.09. The van der Waals surface area contributed by atoms with Crippen molar-refractivity contribution in [2.75, 3.05) is 0 Å². The molecule has 0 bridgehead atoms. The molecule has 2 rings (SSSR count). The zero-order valence-electron chi connectivity index (χ0n) is 9.38. The number of amides is 1. The number of nitrogens with zero attached hydrogens (tertiary/aromatic N) is 2. The Labute approximate surface area is 106 Å². The summed E-state index contributed by atoms with van der Waals surface area (Å²) in [6.07, 6.45) is 1.35. The lowest BCUT2D eigenvalue weighted by molar-refractivity contribution is 0.0702. The Hall–Kier alpha value is -2.22. The first-order chi connectivity index (χ1) is 8.58. The van der Waals surface area contributed by atoms with E-state index in [9.17, 15) is 9.59 Å². The van der Waals surface area contributed by atoms with Crippen LogP contribution in [0.4, 0.5) is 0 Å². The highest BCUT2D eigenvalue weighted by Crippen LogP contribution is 2.17. The van der Waals surface area contributed by atoms with Gasteiger partial charge in [-0.15, -0.1) is 11.3 Å². The number of nitrogens with one attached hydrogen (secondary N) is 2. The van der Waals surface area contributed by atoms with Crippen LogP contribution in [0.2, 0.25) is 0 Å². The van der Waals surface area contributed by atoms with Crippen LogP contribution in [0.25, 0.3) is 0 Å². The van der Waals surface area contributed by atoms with Gasteiger partial charge < -0.3 is 10.4 Å². The van der Waals surface area contributed by atoms with E-state index < -0.39 is 5.97 Å². The van der Waals surface area contributed by atoms with Gasteiger partial charge in [-0.05, 0) is 19.1 Å². The van der Waals surface area contributed by atoms with Gasteiger partial charge in [-0.1, -0.05) is 0 Å². The van der Waals surface area contributed by atoms with Gasteiger partial charge in [0, 0.05) is 0 Å². The maximum absolute atomic E-state index is 11.8. The summed E-state index contributed by atoms with van der Waals surface area (Å²) in [6, 6.07) is 2.56. The van der Waals surface area contributed by atoms with Crippen molar-refractivity contribution in [2.45, 2.75) is 13.0 Å². The summed E-state index contributed by atoms with van der Waals surface area (Å²) >= 11 is 0.931. The van der Waals surface area contributed by atoms with Crippen LogP contribution >= 0.6 is 11.3 Å². The minimum atomic E-state index is -1.04. The normalized spacial score (nSPS) is 12.1. The van der Waals surface area contributed by atoms with E-state index in [2.05, 4.69) is 20.5 Å². The molecule has 0 aliphatic heterocycles. The summed E-state index contributed by atoms with van der Waals surface area (Å²) in [5.74, 6) is -0.836. The van der Waals surface area contributed by atoms with Gasteiger partial charge in [-0.3, -0.25) is 9.89 Å². The Morgan fingerprint density at radius 2 is 2.17 bits per heavy atom. The summed E-state index contributed by atoms with van der Waals surface area (Å²) in [7, 11) is 0. The molecule has 2 aromatic rings. The lowest BCUT2D eigenvalue weighted by atomic mass is 10.3. The summed E-state index contributed by atoms with van der Waals surface area (Å²) < 4.78 is 0. The fraction of sp³-hybridized carbons (Fsp3) is 0.200. The van der Waals surface area contributed by atoms with Crippen LogP contribution in [-0.2, 0) is 0 Å². The predicted octanol–water partition coefficient (Wildman–Crippen LogP) is 1.06. The van der Waals surface area contributed by atoms with E-state index in [4.69, 9.17) is 5.11 Å². The first-order valence-electron chi connectivity index (χ1n) is 5.07. The van der Waals surface area contributed by atoms with E-state index in [1.807, 2.05) is 0 Å². The molecule has 2 aromatic heterocycles. The summed E-state index contributed by atoms with van der Waals surface area (Å²) in [5, 5.41) is 17.8. The van der Waals surface area contributed by atoms with Crippen LogP contribution in [0.1, 0.15) is 38.1 Å². The van der Waals surface area contributed by atoms with Crippen LogP contribution in [0.15, 0.2) is 18.5 Å². The van der Waals surface area contributed by atoms with E-state index in [0.29, 0.717) is 10.7 Å². The van der Waals surface area contributed by atoms with Crippen LogP contribution < -0.4 is 5.32 Å². The zero-order valence-corrected chi connectivity index (χ0v) is 10.2. The van der Waals surface area contributed by atoms with Gasteiger partial charge in [0.15, 0.2) is 0 Å². The van der Waals surface area contributed by atoms with Gasteiger partial charge in [-0.2, -0.15) is 5.10 Å². The zero-order chi connectivity index (χ0) is 13.1. The molecule has 7 nitrogen and oxygen atoms in total. The second-order valence-electron chi connectivity index (χ2n) is 3.53. The molecular formula is C10H10N4O3S. The number of H-pyrrole nitrogens is 1. The van der Waals surface area contributed by atoms with Crippen molar-refractivity contribution in [3.8, 4) is 0 Å². The van der Waals surface area contributed by atoms with Crippen LogP contribution in [0.3, 0.4) is 0 Å². The number of thiophene rings is 1. The van der Waals surface area contributed by atoms with E-state index in [1.165, 1.54) is 18.5 Å². The minimum absolute atomic E-state index is 0.132. The fourth-order valence-corrected chi connectivity index (χ4v) is 2.08. The predicted molar refractivity (Wildman–Crippen MR) is 63.5 cm³/mol. The van der Waals surface area contributed by atoms with E-state index in [1.54, 1.807) is 6.92 Å². The van der Waals surface area contributed by atoms with Crippen molar-refractivity contribution >= 4 is 23.2 Å². The molecule has 1 atom stereocenters. The van der Waals surface area contributed by atoms with Gasteiger partial charge in [-0.25, -0.2) is 9.78 Å². The molecule has 1 amide bonds. The van der Waals surface area contributed by atoms with Crippen molar-refractivity contribution in [3.05, 3.63) is 34.0 Å². The third kappa shape index (κ3) is 2.54. The quantitative estimate of drug-likeness (QED) is 0.766. The summed E-state index contributed by atoms with van der Waals surface area (Å²) in [4.78, 5) is 26.9. The van der Waals surface area contributed by atoms with Crippen molar-refractivity contribution in [3.63, 3.8) is 0 Å². The van der Waals surface area contributed by atoms with Gasteiger partial charge in [0.2, 0.25) is 0 Å². The van der Waals surface area contributed by atoms with E-state index in [0.717, 1.165) is 11.3 Å². The van der Waals surface area contributed by atoms with Crippen molar-refractivity contribution in [2.24, 2.45) is 0 Å². The Kier molecular flexibility index (Phi) is 3.38. The average Bonchev–Trinajstić information content (AvgIpc) is 3.00. The highest BCUT2D eigenvalue weighted by molar-refractivity contribution is 7.15. The van der Waals surface area contributed by atoms with E-state index in [-0.39, 0.29) is 16.8 Å². The third-order valence-electron chi connectivity index (χ3n) is 2.23. The number of hydrogen-bond donors (Lipinski definition) is 3. The number of aromatic carboxylic acids is 1. The Bertz CT molecular complexity index is 563. The van der Waals surface area contributed by atoms with Crippen molar-refractivity contribution in [1.29, 1.82) is 0 Å². The highest BCUT2D eigenvalue weighted by atomic mass is 32.1. The molecular weight excluding hydrogens is 256 g/mol. The number of aromatic nitrogens is 3. The standard InChI is InChI=1S/C10H10N4O3S/c1-5(8-11-4-12-14-8)13-9(15)6-2-3-7(18-6)10(16)17/h2-5H,1H3,(H,13,15)(H,16,17)(H,11,12,14). The maximum atomic E-state index is 11.8. The number of aromatic amines is 1. The molecule has 18 heavy (non-hydrogen) atoms. The molecule has 0 spiro atoms. The second-order valence-corrected chi connectivity index (χ2v) is 4.62. The number of carboxylic acids is 1. The monoisotopic (exact) mass is 266 g/mol. The largest absolute Gasteiger partial charge is 0.477 e. The number of carboxylic acid groups (broad SMARTS) is 1. The first-order valence-corrected chi connectivity index (χ1v) is 5.89. The van der Waals surface area contributed by atoms with Gasteiger partial charge >= 0.3 is 5.97 Å². The molecule has 8 heteroatoms. The molecule has 0 fully saturated rings. The molecule has 1 unspecified atom stereocenters. The molecule has 0 aliphatic rings. The molecule has 2 heterocycles. The molecule has 94 valence electrons. The molecule has 0 radical (unpaired) electrons. The first kappa shape index (κ1) is 12.2. The van der Waals surface area contributed by atoms with Gasteiger partial charge in [0.25, 0.3) is 5.91 Å². The molecule has 0 aliphatic carbocycles. The maximum Gasteiger partial charge on any atom is 0.345 e. The van der Waals surface area contributed by atoms with E-state index >= 15 is 0 Å². The third-order valence-corrected chi connectivity index (χ3v) is 3.30. The molecule has 0 aromatic carbocycles. The number of carbonyl (C=O) groups is 2. The summed E-state index contributed by atoms with van der Waals surface area (Å²) in [5.41, 5.74) is 0. The Balaban J connectivity index is 2.05. The summed E-state index contributed by atoms with van der Waals surface area (Å²) in [6.45, 7) is 1.75. The van der Waals surface area contributed by atoms with Crippen LogP contribution in [-0.4, -0.2) is 32.2 Å². The van der Waals surface area contributed by atoms with Crippen molar-refractivity contribution in [1.82, 2.24) is 20.5 Å². The second kappa shape index (κ2) is 4.96. The Morgan fingerprint density at radius 3 is 2.72 bits per heavy atom. The number of carbonyl (C=O) groups excluding carboxylic acids is 1. The number of rotatable bonds is 4. The van der Waals surface area contributed by atoms with Gasteiger partial charge in [0.05, 0.1) is 10.9 Å². The number of hydrogen-bond acceptors (Lipinski definition) is 5. The molecule has 0 saturated carbocycles. The average molecular weight is 266 g/mol. The van der Waals surface area contributed by atoms with Crippen LogP contribution in [0.5, 0.6) is 0 Å². The van der Waals surface area contributed by atoms with Crippen molar-refractivity contribution < 1.29 is 14.7 Å². The minimum Gasteiger partial charge on any atom is -0.477 e. The van der Waals surface area contributed by atoms with Gasteiger partial charge in [0.1, 0.15) is 17.0 Å². The topological polar surface area (TPSA) is 108 Å². The molecule has 3 N–H and O–H groups in total. The smallest absolute Gasteiger partial charge is 0.345 e. The fourth-order valence-electron chi connectivity index (χ4n) is 1.33. The lowest BCUT2D eigenvalue weighted by Crippen LogP contribution is -2.26.